The molecule has 0 bridgehead atoms. The summed E-state index contributed by atoms with van der Waals surface area (Å²) in [5.41, 5.74) is 2.53. The molecule has 0 aromatic heterocycles. The Balaban J connectivity index is 2.02. The lowest BCUT2D eigenvalue weighted by Crippen LogP contribution is -2.53. The van der Waals surface area contributed by atoms with Gasteiger partial charge in [0, 0.05) is 45.0 Å². The third-order valence-electron chi connectivity index (χ3n) is 5.56. The summed E-state index contributed by atoms with van der Waals surface area (Å²) in [7, 11) is 0. The number of rotatable bonds is 8. The molecule has 0 radical (unpaired) electrons. The smallest absolute Gasteiger partial charge is 0.303 e. The van der Waals surface area contributed by atoms with Crippen molar-refractivity contribution in [3.63, 3.8) is 0 Å². The van der Waals surface area contributed by atoms with Crippen LogP contribution < -0.4 is 0 Å². The van der Waals surface area contributed by atoms with Gasteiger partial charge in [0.25, 0.3) is 0 Å². The molecule has 1 heterocycles. The van der Waals surface area contributed by atoms with Crippen LogP contribution in [0.2, 0.25) is 0 Å². The summed E-state index contributed by atoms with van der Waals surface area (Å²) in [6, 6.07) is 9.18. The minimum absolute atomic E-state index is 0.0736. The summed E-state index contributed by atoms with van der Waals surface area (Å²) >= 11 is 0. The molecule has 0 saturated heterocycles. The highest BCUT2D eigenvalue weighted by atomic mass is 16.6. The average molecular weight is 456 g/mol. The second-order valence-electron chi connectivity index (χ2n) is 8.12. The van der Waals surface area contributed by atoms with Crippen molar-refractivity contribution in [3.05, 3.63) is 59.3 Å². The van der Waals surface area contributed by atoms with Crippen molar-refractivity contribution in [3.8, 4) is 0 Å². The van der Waals surface area contributed by atoms with E-state index >= 15 is 0 Å². The van der Waals surface area contributed by atoms with Crippen molar-refractivity contribution in [2.75, 3.05) is 6.61 Å². The minimum Gasteiger partial charge on any atom is -0.462 e. The third kappa shape index (κ3) is 6.31. The van der Waals surface area contributed by atoms with E-state index in [-0.39, 0.29) is 12.4 Å². The predicted molar refractivity (Wildman–Crippen MR) is 119 cm³/mol. The molecule has 8 nitrogen and oxygen atoms in total. The van der Waals surface area contributed by atoms with E-state index < -0.39 is 36.2 Å². The number of ether oxygens (including phenoxy) is 3. The van der Waals surface area contributed by atoms with Crippen LogP contribution in [0.5, 0.6) is 0 Å². The van der Waals surface area contributed by atoms with Crippen LogP contribution in [0.15, 0.2) is 53.8 Å². The van der Waals surface area contributed by atoms with Crippen LogP contribution in [0.25, 0.3) is 0 Å². The first kappa shape index (κ1) is 24.2. The van der Waals surface area contributed by atoms with Crippen LogP contribution in [0.1, 0.15) is 45.6 Å². The summed E-state index contributed by atoms with van der Waals surface area (Å²) in [4.78, 5) is 49.9. The predicted octanol–water partition coefficient (Wildman–Crippen LogP) is 2.86. The van der Waals surface area contributed by atoms with Gasteiger partial charge in [0.15, 0.2) is 18.0 Å². The van der Waals surface area contributed by atoms with Gasteiger partial charge in [-0.3, -0.25) is 19.2 Å². The van der Waals surface area contributed by atoms with Gasteiger partial charge in [0.2, 0.25) is 0 Å². The van der Waals surface area contributed by atoms with Crippen molar-refractivity contribution < 1.29 is 33.4 Å². The summed E-state index contributed by atoms with van der Waals surface area (Å²) in [5, 5.41) is 0. The number of carbonyl (C=O) groups is 4. The van der Waals surface area contributed by atoms with Gasteiger partial charge in [-0.15, -0.1) is 0 Å². The monoisotopic (exact) mass is 455 g/mol. The first-order chi connectivity index (χ1) is 15.8. The number of hydrogen-bond acceptors (Lipinski definition) is 8. The van der Waals surface area contributed by atoms with Gasteiger partial charge in [-0.05, 0) is 18.4 Å². The maximum Gasteiger partial charge on any atom is 0.303 e. The highest BCUT2D eigenvalue weighted by Gasteiger charge is 2.41. The molecule has 0 unspecified atom stereocenters. The van der Waals surface area contributed by atoms with Crippen molar-refractivity contribution in [1.29, 1.82) is 0 Å². The first-order valence-corrected chi connectivity index (χ1v) is 11.0. The number of Topliss-reactive ketones (excluding diaryl/α,β-unsaturated/α-hetero) is 1. The third-order valence-corrected chi connectivity index (χ3v) is 5.56. The lowest BCUT2D eigenvalue weighted by molar-refractivity contribution is -0.177. The van der Waals surface area contributed by atoms with E-state index in [1.165, 1.54) is 20.8 Å². The van der Waals surface area contributed by atoms with E-state index in [1.54, 1.807) is 12.2 Å². The van der Waals surface area contributed by atoms with Gasteiger partial charge in [-0.2, -0.15) is 0 Å². The van der Waals surface area contributed by atoms with Crippen molar-refractivity contribution >= 4 is 23.7 Å². The van der Waals surface area contributed by atoms with Gasteiger partial charge in [0.05, 0.1) is 6.04 Å². The van der Waals surface area contributed by atoms with E-state index in [4.69, 9.17) is 14.2 Å². The summed E-state index contributed by atoms with van der Waals surface area (Å²) in [5.74, 6) is -1.62. The molecule has 2 aliphatic rings. The van der Waals surface area contributed by atoms with E-state index in [2.05, 4.69) is 0 Å². The molecule has 8 heteroatoms. The number of carbonyl (C=O) groups excluding carboxylic acids is 4. The molecule has 1 aliphatic carbocycles. The highest BCUT2D eigenvalue weighted by Crippen LogP contribution is 2.35. The molecule has 0 N–H and O–H groups in total. The average Bonchev–Trinajstić information content (AvgIpc) is 2.76. The van der Waals surface area contributed by atoms with Crippen molar-refractivity contribution in [2.45, 2.75) is 64.8 Å². The molecule has 1 aromatic carbocycles. The molecule has 3 atom stereocenters. The number of esters is 3. The molecular formula is C25H29NO7. The number of nitrogens with zero attached hydrogens (tertiary/aromatic N) is 1. The first-order valence-electron chi connectivity index (χ1n) is 11.0. The standard InChI is InChI=1S/C25H29NO7/c1-16(27)31-15-24(32-17(2)28)25(33-18(3)29)22-13-12-20-21(10-7-11-23(20)30)26(22)14-19-8-5-4-6-9-19/h4-6,8-9,12-13,22,24-25H,7,10-11,14-15H2,1-3H3/t22-,24+,25-/m0/s1. The largest absolute Gasteiger partial charge is 0.462 e. The van der Waals surface area contributed by atoms with Crippen LogP contribution in [0, 0.1) is 0 Å². The Hall–Kier alpha value is -3.42. The molecule has 0 saturated carbocycles. The zero-order chi connectivity index (χ0) is 24.0. The Morgan fingerprint density at radius 1 is 1.00 bits per heavy atom. The van der Waals surface area contributed by atoms with Gasteiger partial charge in [0.1, 0.15) is 6.61 Å². The van der Waals surface area contributed by atoms with Crippen LogP contribution in [0.3, 0.4) is 0 Å². The molecule has 1 aliphatic heterocycles. The van der Waals surface area contributed by atoms with E-state index in [0.29, 0.717) is 25.0 Å². The zero-order valence-corrected chi connectivity index (χ0v) is 19.1. The van der Waals surface area contributed by atoms with Crippen molar-refractivity contribution in [2.24, 2.45) is 0 Å². The van der Waals surface area contributed by atoms with Gasteiger partial charge < -0.3 is 19.1 Å². The lowest BCUT2D eigenvalue weighted by atomic mass is 9.87. The molecule has 3 rings (SSSR count). The quantitative estimate of drug-likeness (QED) is 0.436. The maximum absolute atomic E-state index is 12.6. The molecule has 33 heavy (non-hydrogen) atoms. The Kier molecular flexibility index (Phi) is 8.03. The minimum atomic E-state index is -1.02. The SMILES string of the molecule is CC(=O)OC[C@@H](OC(C)=O)[C@@H](OC(C)=O)[C@@H]1C=CC2=C(CCCC2=O)N1Cc1ccccc1. The van der Waals surface area contributed by atoms with E-state index in [0.717, 1.165) is 17.7 Å². The molecule has 1 aromatic rings. The summed E-state index contributed by atoms with van der Waals surface area (Å²) < 4.78 is 16.2. The number of benzene rings is 1. The Morgan fingerprint density at radius 3 is 2.33 bits per heavy atom. The number of ketones is 1. The van der Waals surface area contributed by atoms with Gasteiger partial charge in [-0.25, -0.2) is 0 Å². The van der Waals surface area contributed by atoms with Crippen LogP contribution in [-0.4, -0.2) is 53.4 Å². The topological polar surface area (TPSA) is 99.2 Å². The van der Waals surface area contributed by atoms with E-state index in [1.807, 2.05) is 35.2 Å². The normalized spacial score (nSPS) is 19.4. The Labute approximate surface area is 193 Å². The van der Waals surface area contributed by atoms with Crippen LogP contribution in [0.4, 0.5) is 0 Å². The number of hydrogen-bond donors (Lipinski definition) is 0. The molecular weight excluding hydrogens is 426 g/mol. The molecule has 0 fully saturated rings. The van der Waals surface area contributed by atoms with Crippen LogP contribution in [-0.2, 0) is 39.9 Å². The Bertz CT molecular complexity index is 966. The van der Waals surface area contributed by atoms with Gasteiger partial charge >= 0.3 is 17.9 Å². The van der Waals surface area contributed by atoms with Gasteiger partial charge in [-0.1, -0.05) is 42.5 Å². The highest BCUT2D eigenvalue weighted by molar-refractivity contribution is 5.99. The fourth-order valence-electron chi connectivity index (χ4n) is 4.25. The molecule has 176 valence electrons. The second kappa shape index (κ2) is 10.9. The second-order valence-corrected chi connectivity index (χ2v) is 8.12. The van der Waals surface area contributed by atoms with Crippen molar-refractivity contribution in [1.82, 2.24) is 4.90 Å². The Morgan fingerprint density at radius 2 is 1.70 bits per heavy atom. The van der Waals surface area contributed by atoms with E-state index in [9.17, 15) is 19.2 Å². The fraction of sp³-hybridized carbons (Fsp3) is 0.440. The maximum atomic E-state index is 12.6. The molecule has 0 amide bonds. The van der Waals surface area contributed by atoms with Crippen LogP contribution >= 0.6 is 0 Å². The summed E-state index contributed by atoms with van der Waals surface area (Å²) in [6.45, 7) is 3.96. The fourth-order valence-corrected chi connectivity index (χ4v) is 4.25. The zero-order valence-electron chi connectivity index (χ0n) is 19.1. The lowest BCUT2D eigenvalue weighted by Gasteiger charge is -2.43. The summed E-state index contributed by atoms with van der Waals surface area (Å²) in [6.07, 6.45) is 3.48. The molecule has 0 spiro atoms. The number of allylic oxidation sites excluding steroid dienone is 3.